The largest absolute Gasteiger partial charge is 0.416 e. The minimum absolute atomic E-state index is 0.105. The predicted octanol–water partition coefficient (Wildman–Crippen LogP) is 5.53. The number of benzene rings is 2. The number of anilines is 1. The third kappa shape index (κ3) is 3.97. The molecule has 0 aromatic heterocycles. The maximum absolute atomic E-state index is 13.6. The van der Waals surface area contributed by atoms with Crippen molar-refractivity contribution in [3.63, 3.8) is 0 Å². The molecule has 2 rings (SSSR count). The van der Waals surface area contributed by atoms with Crippen LogP contribution in [0.4, 0.5) is 23.2 Å². The molecule has 2 aromatic carbocycles. The molecule has 21 heavy (non-hydrogen) atoms. The summed E-state index contributed by atoms with van der Waals surface area (Å²) in [4.78, 5) is 0. The lowest BCUT2D eigenvalue weighted by molar-refractivity contribution is -0.137. The van der Waals surface area contributed by atoms with E-state index >= 15 is 0 Å². The number of hydrogen-bond donors (Lipinski definition) is 1. The maximum Gasteiger partial charge on any atom is 0.416 e. The van der Waals surface area contributed by atoms with Crippen molar-refractivity contribution in [1.29, 1.82) is 0 Å². The van der Waals surface area contributed by atoms with Gasteiger partial charge >= 0.3 is 6.18 Å². The third-order valence-electron chi connectivity index (χ3n) is 2.96. The first-order chi connectivity index (χ1) is 9.77. The van der Waals surface area contributed by atoms with Crippen molar-refractivity contribution in [3.05, 3.63) is 63.4 Å². The molecule has 0 radical (unpaired) electrons. The number of aryl methyl sites for hydroxylation is 1. The van der Waals surface area contributed by atoms with Crippen LogP contribution in [0.2, 0.25) is 0 Å². The van der Waals surface area contributed by atoms with Gasteiger partial charge in [-0.25, -0.2) is 4.39 Å². The SMILES string of the molecule is Cc1ccc(F)c(CNc2cc(C(F)(F)F)ccc2Br)c1. The smallest absolute Gasteiger partial charge is 0.380 e. The first kappa shape index (κ1) is 15.8. The summed E-state index contributed by atoms with van der Waals surface area (Å²) in [5, 5.41) is 2.82. The Balaban J connectivity index is 2.22. The lowest BCUT2D eigenvalue weighted by Gasteiger charge is -2.13. The fourth-order valence-corrected chi connectivity index (χ4v) is 2.25. The van der Waals surface area contributed by atoms with Gasteiger partial charge in [0.15, 0.2) is 0 Å². The van der Waals surface area contributed by atoms with Gasteiger partial charge < -0.3 is 5.32 Å². The van der Waals surface area contributed by atoms with Gasteiger partial charge in [-0.05, 0) is 47.1 Å². The van der Waals surface area contributed by atoms with Crippen LogP contribution in [0.5, 0.6) is 0 Å². The molecule has 0 aliphatic rings. The van der Waals surface area contributed by atoms with Crippen molar-refractivity contribution in [3.8, 4) is 0 Å². The highest BCUT2D eigenvalue weighted by atomic mass is 79.9. The molecular weight excluding hydrogens is 350 g/mol. The van der Waals surface area contributed by atoms with Gasteiger partial charge in [-0.1, -0.05) is 17.7 Å². The van der Waals surface area contributed by atoms with Gasteiger partial charge in [0.2, 0.25) is 0 Å². The summed E-state index contributed by atoms with van der Waals surface area (Å²) >= 11 is 3.18. The Morgan fingerprint density at radius 2 is 1.81 bits per heavy atom. The van der Waals surface area contributed by atoms with E-state index in [-0.39, 0.29) is 12.2 Å². The second kappa shape index (κ2) is 6.05. The molecule has 0 amide bonds. The molecule has 0 bridgehead atoms. The molecule has 1 nitrogen and oxygen atoms in total. The Kier molecular flexibility index (Phi) is 4.56. The summed E-state index contributed by atoms with van der Waals surface area (Å²) in [5.74, 6) is -0.392. The van der Waals surface area contributed by atoms with Crippen LogP contribution in [-0.4, -0.2) is 0 Å². The first-order valence-electron chi connectivity index (χ1n) is 6.13. The first-order valence-corrected chi connectivity index (χ1v) is 6.92. The molecule has 1 N–H and O–H groups in total. The highest BCUT2D eigenvalue weighted by Crippen LogP contribution is 2.34. The number of hydrogen-bond acceptors (Lipinski definition) is 1. The standard InChI is InChI=1S/C15H12BrF4N/c1-9-2-5-13(17)10(6-9)8-21-14-7-11(15(18,19)20)3-4-12(14)16/h2-7,21H,8H2,1H3. The molecule has 2 aromatic rings. The molecule has 0 spiro atoms. The van der Waals surface area contributed by atoms with Gasteiger partial charge in [0.25, 0.3) is 0 Å². The Hall–Kier alpha value is -1.56. The zero-order valence-corrected chi connectivity index (χ0v) is 12.6. The number of rotatable bonds is 3. The van der Waals surface area contributed by atoms with Gasteiger partial charge in [0.05, 0.1) is 5.56 Å². The van der Waals surface area contributed by atoms with Crippen LogP contribution in [0.3, 0.4) is 0 Å². The van der Waals surface area contributed by atoms with E-state index in [2.05, 4.69) is 21.2 Å². The molecule has 0 saturated carbocycles. The predicted molar refractivity (Wildman–Crippen MR) is 77.6 cm³/mol. The Morgan fingerprint density at radius 3 is 2.48 bits per heavy atom. The monoisotopic (exact) mass is 361 g/mol. The van der Waals surface area contributed by atoms with E-state index in [1.54, 1.807) is 12.1 Å². The van der Waals surface area contributed by atoms with E-state index in [1.807, 2.05) is 6.92 Å². The van der Waals surface area contributed by atoms with Gasteiger partial charge in [0, 0.05) is 22.3 Å². The van der Waals surface area contributed by atoms with Gasteiger partial charge in [0.1, 0.15) is 5.82 Å². The summed E-state index contributed by atoms with van der Waals surface area (Å²) in [7, 11) is 0. The molecule has 112 valence electrons. The average Bonchev–Trinajstić information content (AvgIpc) is 2.40. The molecule has 0 heterocycles. The van der Waals surface area contributed by atoms with E-state index in [4.69, 9.17) is 0 Å². The molecule has 0 unspecified atom stereocenters. The Morgan fingerprint density at radius 1 is 1.10 bits per heavy atom. The van der Waals surface area contributed by atoms with Crippen molar-refractivity contribution < 1.29 is 17.6 Å². The highest BCUT2D eigenvalue weighted by Gasteiger charge is 2.30. The quantitative estimate of drug-likeness (QED) is 0.709. The van der Waals surface area contributed by atoms with Crippen LogP contribution in [0.1, 0.15) is 16.7 Å². The van der Waals surface area contributed by atoms with Crippen molar-refractivity contribution in [2.45, 2.75) is 19.6 Å². The summed E-state index contributed by atoms with van der Waals surface area (Å²) in [6.45, 7) is 1.93. The minimum atomic E-state index is -4.41. The lowest BCUT2D eigenvalue weighted by Crippen LogP contribution is -2.07. The Bertz CT molecular complexity index is 653. The van der Waals surface area contributed by atoms with Crippen LogP contribution in [0.15, 0.2) is 40.9 Å². The highest BCUT2D eigenvalue weighted by molar-refractivity contribution is 9.10. The normalized spacial score (nSPS) is 11.5. The second-order valence-corrected chi connectivity index (χ2v) is 5.50. The molecule has 0 saturated heterocycles. The van der Waals surface area contributed by atoms with Crippen molar-refractivity contribution in [2.75, 3.05) is 5.32 Å². The van der Waals surface area contributed by atoms with E-state index in [0.717, 1.165) is 17.7 Å². The van der Waals surface area contributed by atoms with Crippen molar-refractivity contribution in [2.24, 2.45) is 0 Å². The fourth-order valence-electron chi connectivity index (χ4n) is 1.87. The minimum Gasteiger partial charge on any atom is -0.380 e. The number of nitrogens with one attached hydrogen (secondary N) is 1. The van der Waals surface area contributed by atoms with E-state index < -0.39 is 17.6 Å². The van der Waals surface area contributed by atoms with Crippen LogP contribution < -0.4 is 5.32 Å². The lowest BCUT2D eigenvalue weighted by atomic mass is 10.1. The van der Waals surface area contributed by atoms with Crippen molar-refractivity contribution in [1.82, 2.24) is 0 Å². The number of alkyl halides is 3. The van der Waals surface area contributed by atoms with Crippen molar-refractivity contribution >= 4 is 21.6 Å². The summed E-state index contributed by atoms with van der Waals surface area (Å²) in [5.41, 5.74) is 0.805. The average molecular weight is 362 g/mol. The van der Waals surface area contributed by atoms with Gasteiger partial charge in [-0.15, -0.1) is 0 Å². The topological polar surface area (TPSA) is 12.0 Å². The van der Waals surface area contributed by atoms with E-state index in [1.165, 1.54) is 12.1 Å². The summed E-state index contributed by atoms with van der Waals surface area (Å²) in [6.07, 6.45) is -4.41. The molecule has 0 atom stereocenters. The number of halogens is 5. The van der Waals surface area contributed by atoms with Gasteiger partial charge in [-0.3, -0.25) is 0 Å². The van der Waals surface area contributed by atoms with Crippen LogP contribution in [-0.2, 0) is 12.7 Å². The summed E-state index contributed by atoms with van der Waals surface area (Å²) < 4.78 is 52.1. The molecule has 6 heteroatoms. The van der Waals surface area contributed by atoms with Crippen LogP contribution >= 0.6 is 15.9 Å². The molecule has 0 aliphatic carbocycles. The van der Waals surface area contributed by atoms with Crippen LogP contribution in [0.25, 0.3) is 0 Å². The van der Waals surface area contributed by atoms with E-state index in [0.29, 0.717) is 10.0 Å². The fraction of sp³-hybridized carbons (Fsp3) is 0.200. The third-order valence-corrected chi connectivity index (χ3v) is 3.66. The second-order valence-electron chi connectivity index (χ2n) is 4.64. The maximum atomic E-state index is 13.6. The zero-order chi connectivity index (χ0) is 15.6. The van der Waals surface area contributed by atoms with E-state index in [9.17, 15) is 17.6 Å². The summed E-state index contributed by atoms with van der Waals surface area (Å²) in [6, 6.07) is 7.94. The zero-order valence-electron chi connectivity index (χ0n) is 11.1. The molecule has 0 fully saturated rings. The molecular formula is C15H12BrF4N. The molecule has 0 aliphatic heterocycles. The van der Waals surface area contributed by atoms with Crippen LogP contribution in [0, 0.1) is 12.7 Å². The Labute approximate surface area is 128 Å². The van der Waals surface area contributed by atoms with Gasteiger partial charge in [-0.2, -0.15) is 13.2 Å².